The summed E-state index contributed by atoms with van der Waals surface area (Å²) in [5.74, 6) is 0. The van der Waals surface area contributed by atoms with Crippen LogP contribution in [-0.2, 0) is 4.52 Å². The van der Waals surface area contributed by atoms with Gasteiger partial charge in [-0.05, 0) is 0 Å². The average molecular weight is 126 g/mol. The molecule has 0 aromatic rings. The average Bonchev–Trinajstić information content (AvgIpc) is 1.68. The Morgan fingerprint density at radius 1 is 1.71 bits per heavy atom. The van der Waals surface area contributed by atoms with Gasteiger partial charge in [-0.1, -0.05) is 4.91 Å². The van der Waals surface area contributed by atoms with Crippen LogP contribution in [0.25, 0.3) is 0 Å². The summed E-state index contributed by atoms with van der Waals surface area (Å²) in [5, 5.41) is 0. The van der Waals surface area contributed by atoms with Crippen molar-refractivity contribution in [2.75, 3.05) is 7.11 Å². The van der Waals surface area contributed by atoms with Crippen molar-refractivity contribution in [3.63, 3.8) is 0 Å². The zero-order valence-electron chi connectivity index (χ0n) is 3.61. The highest BCUT2D eigenvalue weighted by Gasteiger charge is 2.37. The highest BCUT2D eigenvalue weighted by molar-refractivity contribution is 7.57. The molecule has 0 spiro atoms. The topological polar surface area (TPSA) is 79.1 Å². The number of nitroso groups, excluding NO2 is 1. The van der Waals surface area contributed by atoms with Crippen molar-refractivity contribution in [2.24, 2.45) is 4.95 Å². The van der Waals surface area contributed by atoms with E-state index in [1.54, 1.807) is 0 Å². The third kappa shape index (κ3) is 2.59. The Hall–Kier alpha value is -0.0900. The van der Waals surface area contributed by atoms with E-state index >= 15 is 0 Å². The van der Waals surface area contributed by atoms with E-state index in [4.69, 9.17) is 9.79 Å². The van der Waals surface area contributed by atoms with Crippen molar-refractivity contribution in [2.45, 2.75) is 0 Å². The van der Waals surface area contributed by atoms with Crippen molar-refractivity contribution in [3.05, 3.63) is 4.91 Å². The molecule has 0 saturated heterocycles. The summed E-state index contributed by atoms with van der Waals surface area (Å²) in [6, 6.07) is 0. The molecule has 0 radical (unpaired) electrons. The third-order valence-electron chi connectivity index (χ3n) is 0.351. The van der Waals surface area contributed by atoms with E-state index in [0.717, 1.165) is 7.11 Å². The van der Waals surface area contributed by atoms with Gasteiger partial charge < -0.3 is 0 Å². The van der Waals surface area contributed by atoms with Gasteiger partial charge in [0.25, 0.3) is 0 Å². The molecule has 0 aliphatic heterocycles. The molecular formula is CH5NO4P+. The molecule has 0 bridgehead atoms. The molecule has 0 amide bonds. The molecule has 0 fully saturated rings. The van der Waals surface area contributed by atoms with E-state index in [2.05, 4.69) is 4.52 Å². The van der Waals surface area contributed by atoms with E-state index in [-0.39, 0.29) is 0 Å². The zero-order chi connectivity index (χ0) is 5.91. The van der Waals surface area contributed by atoms with Crippen LogP contribution in [0.3, 0.4) is 0 Å². The van der Waals surface area contributed by atoms with Gasteiger partial charge in [0.1, 0.15) is 0 Å². The van der Waals surface area contributed by atoms with Crippen LogP contribution in [0.15, 0.2) is 4.95 Å². The molecule has 6 heteroatoms. The molecular weight excluding hydrogens is 121 g/mol. The summed E-state index contributed by atoms with van der Waals surface area (Å²) in [7, 11) is -2.84. The van der Waals surface area contributed by atoms with Crippen LogP contribution in [0.4, 0.5) is 0 Å². The van der Waals surface area contributed by atoms with Crippen molar-refractivity contribution in [1.29, 1.82) is 0 Å². The largest absolute Gasteiger partial charge is 0.588 e. The Morgan fingerprint density at radius 2 is 2.14 bits per heavy atom. The van der Waals surface area contributed by atoms with Crippen LogP contribution in [0.5, 0.6) is 0 Å². The summed E-state index contributed by atoms with van der Waals surface area (Å²) in [6.07, 6.45) is 0. The molecule has 0 atom stereocenters. The number of rotatable bonds is 2. The maximum atomic E-state index is 9.23. The van der Waals surface area contributed by atoms with Gasteiger partial charge in [-0.2, -0.15) is 14.3 Å². The normalized spacial score (nSPS) is 11.3. The highest BCUT2D eigenvalue weighted by Crippen LogP contribution is 2.51. The molecule has 7 heavy (non-hydrogen) atoms. The Kier molecular flexibility index (Phi) is 2.25. The first-order chi connectivity index (χ1) is 3.12. The standard InChI is InChI=1S/CH5NO4P/c1-6-7(4,5)2-3/h4-5H,1H3/q+1. The van der Waals surface area contributed by atoms with E-state index in [1.165, 1.54) is 0 Å². The van der Waals surface area contributed by atoms with E-state index in [9.17, 15) is 4.91 Å². The lowest BCUT2D eigenvalue weighted by molar-refractivity contribution is 0.279. The van der Waals surface area contributed by atoms with Gasteiger partial charge >= 0.3 is 8.09 Å². The molecule has 0 unspecified atom stereocenters. The second-order valence-electron chi connectivity index (χ2n) is 0.778. The lowest BCUT2D eigenvalue weighted by atomic mass is 11.8. The van der Waals surface area contributed by atoms with Gasteiger partial charge in [0.05, 0.1) is 7.11 Å². The predicted molar refractivity (Wildman–Crippen MR) is 24.2 cm³/mol. The predicted octanol–water partition coefficient (Wildman–Crippen LogP) is 0.0614. The Balaban J connectivity index is 3.58. The van der Waals surface area contributed by atoms with E-state index < -0.39 is 8.09 Å². The third-order valence-corrected chi connectivity index (χ3v) is 1.05. The van der Waals surface area contributed by atoms with Gasteiger partial charge in [-0.15, -0.1) is 0 Å². The molecule has 0 saturated carbocycles. The maximum absolute atomic E-state index is 9.23. The lowest BCUT2D eigenvalue weighted by Crippen LogP contribution is -1.84. The summed E-state index contributed by atoms with van der Waals surface area (Å²) in [4.78, 5) is 27.3. The van der Waals surface area contributed by atoms with Crippen molar-refractivity contribution < 1.29 is 14.3 Å². The fourth-order valence-corrected chi connectivity index (χ4v) is 0.100. The molecule has 0 aliphatic rings. The minimum absolute atomic E-state index is 0.995. The summed E-state index contributed by atoms with van der Waals surface area (Å²) < 4.78 is 3.83. The van der Waals surface area contributed by atoms with Crippen molar-refractivity contribution >= 4 is 8.09 Å². The van der Waals surface area contributed by atoms with Crippen LogP contribution in [0, 0.1) is 4.91 Å². The molecule has 0 aromatic heterocycles. The SMILES string of the molecule is CO[P+](O)(O)N=O. The monoisotopic (exact) mass is 126 g/mol. The Labute approximate surface area is 40.5 Å². The van der Waals surface area contributed by atoms with Crippen LogP contribution in [0.1, 0.15) is 0 Å². The fourth-order valence-electron chi connectivity index (χ4n) is 0.0333. The number of hydrogen-bond acceptors (Lipinski definition) is 5. The maximum Gasteiger partial charge on any atom is 0.588 e. The van der Waals surface area contributed by atoms with Crippen LogP contribution >= 0.6 is 8.09 Å². The highest BCUT2D eigenvalue weighted by atomic mass is 31.2. The zero-order valence-corrected chi connectivity index (χ0v) is 4.50. The first-order valence-electron chi connectivity index (χ1n) is 1.37. The molecule has 0 aliphatic carbocycles. The smallest absolute Gasteiger partial charge is 0.170 e. The van der Waals surface area contributed by atoms with E-state index in [1.807, 2.05) is 4.95 Å². The van der Waals surface area contributed by atoms with Gasteiger partial charge in [0, 0.05) is 0 Å². The van der Waals surface area contributed by atoms with Crippen molar-refractivity contribution in [3.8, 4) is 0 Å². The van der Waals surface area contributed by atoms with Gasteiger partial charge in [-0.25, -0.2) is 0 Å². The Morgan fingerprint density at radius 3 is 2.14 bits per heavy atom. The van der Waals surface area contributed by atoms with Crippen LogP contribution in [-0.4, -0.2) is 16.9 Å². The first-order valence-corrected chi connectivity index (χ1v) is 2.94. The summed E-state index contributed by atoms with van der Waals surface area (Å²) >= 11 is 0. The molecule has 5 nitrogen and oxygen atoms in total. The fraction of sp³-hybridized carbons (Fsp3) is 1.00. The van der Waals surface area contributed by atoms with E-state index in [0.29, 0.717) is 0 Å². The molecule has 42 valence electrons. The quantitative estimate of drug-likeness (QED) is 0.405. The molecule has 0 heterocycles. The van der Waals surface area contributed by atoms with Crippen LogP contribution in [0.2, 0.25) is 0 Å². The van der Waals surface area contributed by atoms with Crippen LogP contribution < -0.4 is 0 Å². The first kappa shape index (κ1) is 6.91. The molecule has 0 rings (SSSR count). The lowest BCUT2D eigenvalue weighted by Gasteiger charge is -1.91. The Bertz CT molecular complexity index is 72.1. The minimum atomic E-state index is -3.83. The minimum Gasteiger partial charge on any atom is -0.170 e. The van der Waals surface area contributed by atoms with Gasteiger partial charge in [0.15, 0.2) is 4.95 Å². The van der Waals surface area contributed by atoms with Gasteiger partial charge in [-0.3, -0.25) is 0 Å². The second kappa shape index (κ2) is 2.28. The number of nitrogens with zero attached hydrogens (tertiary/aromatic N) is 1. The summed E-state index contributed by atoms with van der Waals surface area (Å²) in [6.45, 7) is 0. The second-order valence-corrected chi connectivity index (χ2v) is 2.33. The van der Waals surface area contributed by atoms with Gasteiger partial charge in [0.2, 0.25) is 0 Å². The molecule has 0 aromatic carbocycles. The number of hydrogen-bond donors (Lipinski definition) is 2. The van der Waals surface area contributed by atoms with Crippen molar-refractivity contribution in [1.82, 2.24) is 0 Å². The summed E-state index contributed by atoms with van der Waals surface area (Å²) in [5.41, 5.74) is 0. The molecule has 2 N–H and O–H groups in total.